The van der Waals surface area contributed by atoms with E-state index in [9.17, 15) is 22.8 Å². The average Bonchev–Trinajstić information content (AvgIpc) is 3.48. The van der Waals surface area contributed by atoms with Crippen LogP contribution in [0.2, 0.25) is 0 Å². The SMILES string of the molecule is C=CCN(CC=C)C(=O)C(Cl)Cl.Cc1c(C(=O)c2c[nH]n(C)c2=O)ccc(S(C)(=O)=O)c1C1=NOCC1. The second-order valence-electron chi connectivity index (χ2n) is 8.01. The number of amides is 1. The molecule has 37 heavy (non-hydrogen) atoms. The zero-order valence-electron chi connectivity index (χ0n) is 20.7. The summed E-state index contributed by atoms with van der Waals surface area (Å²) in [7, 11) is -2.02. The van der Waals surface area contributed by atoms with Gasteiger partial charge in [0.2, 0.25) is 0 Å². The molecule has 2 aromatic rings. The Morgan fingerprint density at radius 2 is 1.86 bits per heavy atom. The monoisotopic (exact) mass is 570 g/mol. The summed E-state index contributed by atoms with van der Waals surface area (Å²) < 4.78 is 25.5. The van der Waals surface area contributed by atoms with Crippen LogP contribution in [0, 0.1) is 6.92 Å². The maximum atomic E-state index is 12.8. The van der Waals surface area contributed by atoms with Gasteiger partial charge in [0.05, 0.1) is 10.6 Å². The van der Waals surface area contributed by atoms with Gasteiger partial charge in [0.1, 0.15) is 12.2 Å². The Labute approximate surface area is 225 Å². The number of nitrogens with one attached hydrogen (secondary N) is 1. The van der Waals surface area contributed by atoms with Crippen LogP contribution in [0.5, 0.6) is 0 Å². The number of aromatic nitrogens is 2. The smallest absolute Gasteiger partial charge is 0.277 e. The molecule has 13 heteroatoms. The average molecular weight is 571 g/mol. The quantitative estimate of drug-likeness (QED) is 0.280. The molecule has 0 bridgehead atoms. The first kappa shape index (κ1) is 30.1. The van der Waals surface area contributed by atoms with Crippen LogP contribution in [0.15, 0.2) is 58.5 Å². The molecule has 1 aromatic heterocycles. The lowest BCUT2D eigenvalue weighted by molar-refractivity contribution is -0.128. The third kappa shape index (κ3) is 7.21. The highest BCUT2D eigenvalue weighted by molar-refractivity contribution is 7.90. The molecule has 1 aliphatic heterocycles. The predicted octanol–water partition coefficient (Wildman–Crippen LogP) is 2.77. The van der Waals surface area contributed by atoms with Crippen molar-refractivity contribution in [3.63, 3.8) is 0 Å². The molecule has 10 nitrogen and oxygen atoms in total. The number of hydrogen-bond acceptors (Lipinski definition) is 7. The second-order valence-corrected chi connectivity index (χ2v) is 11.1. The molecule has 2 heterocycles. The highest BCUT2D eigenvalue weighted by atomic mass is 35.5. The summed E-state index contributed by atoms with van der Waals surface area (Å²) in [6.07, 6.45) is 6.11. The first-order chi connectivity index (χ1) is 17.3. The normalized spacial score (nSPS) is 12.8. The van der Waals surface area contributed by atoms with Crippen molar-refractivity contribution < 1.29 is 22.8 Å². The molecule has 0 aliphatic carbocycles. The van der Waals surface area contributed by atoms with Crippen LogP contribution in [0.4, 0.5) is 0 Å². The van der Waals surface area contributed by atoms with Gasteiger partial charge in [0.15, 0.2) is 20.5 Å². The Kier molecular flexibility index (Phi) is 10.5. The van der Waals surface area contributed by atoms with E-state index in [4.69, 9.17) is 28.0 Å². The van der Waals surface area contributed by atoms with Gasteiger partial charge in [-0.1, -0.05) is 40.5 Å². The fourth-order valence-corrected chi connectivity index (χ4v) is 4.79. The van der Waals surface area contributed by atoms with Crippen LogP contribution in [-0.4, -0.2) is 71.3 Å². The fraction of sp³-hybridized carbons (Fsp3) is 0.333. The van der Waals surface area contributed by atoms with E-state index < -0.39 is 26.0 Å². The standard InChI is InChI=1S/C16H17N3O5S.C8H11Cl2NO/c1-9-10(15(20)11-8-17-19(2)16(11)21)4-5-13(25(3,22)23)14(9)12-6-7-24-18-12;1-3-5-11(6-4-2)8(12)7(9)10/h4-5,8,17H,6-7H2,1-3H3;3-4,7H,1-2,5-6H2. The lowest BCUT2D eigenvalue weighted by atomic mass is 9.93. The molecular weight excluding hydrogens is 543 g/mol. The van der Waals surface area contributed by atoms with Gasteiger partial charge < -0.3 is 14.8 Å². The number of ketones is 1. The highest BCUT2D eigenvalue weighted by Crippen LogP contribution is 2.27. The van der Waals surface area contributed by atoms with Crippen molar-refractivity contribution >= 4 is 50.4 Å². The van der Waals surface area contributed by atoms with Crippen molar-refractivity contribution in [3.05, 3.63) is 76.2 Å². The van der Waals surface area contributed by atoms with E-state index in [1.165, 1.54) is 35.0 Å². The van der Waals surface area contributed by atoms with Gasteiger partial charge in [0.25, 0.3) is 11.5 Å². The number of nitrogens with zero attached hydrogens (tertiary/aromatic N) is 3. The molecule has 3 rings (SSSR count). The molecule has 0 saturated carbocycles. The Balaban J connectivity index is 0.000000341. The van der Waals surface area contributed by atoms with Crippen LogP contribution < -0.4 is 5.56 Å². The Morgan fingerprint density at radius 3 is 2.30 bits per heavy atom. The van der Waals surface area contributed by atoms with E-state index >= 15 is 0 Å². The van der Waals surface area contributed by atoms with E-state index in [1.807, 2.05) is 0 Å². The summed E-state index contributed by atoms with van der Waals surface area (Å²) >= 11 is 10.8. The molecule has 200 valence electrons. The number of benzene rings is 1. The molecule has 0 radical (unpaired) electrons. The largest absolute Gasteiger partial charge is 0.395 e. The zero-order chi connectivity index (χ0) is 27.9. The number of sulfone groups is 1. The first-order valence-corrected chi connectivity index (χ1v) is 13.7. The van der Waals surface area contributed by atoms with E-state index in [-0.39, 0.29) is 21.9 Å². The van der Waals surface area contributed by atoms with Gasteiger partial charge in [-0.05, 0) is 24.6 Å². The number of halogens is 2. The van der Waals surface area contributed by atoms with Crippen molar-refractivity contribution in [2.75, 3.05) is 26.0 Å². The minimum Gasteiger partial charge on any atom is -0.395 e. The maximum absolute atomic E-state index is 12.8. The van der Waals surface area contributed by atoms with Crippen molar-refractivity contribution in [3.8, 4) is 0 Å². The van der Waals surface area contributed by atoms with Gasteiger partial charge in [0, 0.05) is 50.1 Å². The van der Waals surface area contributed by atoms with Crippen molar-refractivity contribution in [1.82, 2.24) is 14.7 Å². The van der Waals surface area contributed by atoms with Crippen LogP contribution in [0.3, 0.4) is 0 Å². The third-order valence-corrected chi connectivity index (χ3v) is 6.86. The molecule has 0 atom stereocenters. The number of rotatable bonds is 9. The summed E-state index contributed by atoms with van der Waals surface area (Å²) in [6.45, 7) is 9.89. The predicted molar refractivity (Wildman–Crippen MR) is 143 cm³/mol. The molecule has 1 N–H and O–H groups in total. The number of carbonyl (C=O) groups is 2. The summed E-state index contributed by atoms with van der Waals surface area (Å²) in [5.74, 6) is -0.793. The van der Waals surface area contributed by atoms with E-state index in [0.29, 0.717) is 43.0 Å². The molecule has 1 aromatic carbocycles. The topological polar surface area (TPSA) is 131 Å². The highest BCUT2D eigenvalue weighted by Gasteiger charge is 2.27. The van der Waals surface area contributed by atoms with Gasteiger partial charge in [-0.25, -0.2) is 8.42 Å². The summed E-state index contributed by atoms with van der Waals surface area (Å²) in [5, 5.41) is 6.56. The Hall–Kier alpha value is -3.15. The second kappa shape index (κ2) is 12.9. The van der Waals surface area contributed by atoms with Crippen LogP contribution in [0.25, 0.3) is 0 Å². The van der Waals surface area contributed by atoms with Crippen molar-refractivity contribution in [2.24, 2.45) is 12.2 Å². The first-order valence-electron chi connectivity index (χ1n) is 11.0. The molecule has 0 saturated heterocycles. The number of H-pyrrole nitrogens is 1. The van der Waals surface area contributed by atoms with Gasteiger partial charge in [-0.15, -0.1) is 13.2 Å². The van der Waals surface area contributed by atoms with Crippen LogP contribution >= 0.6 is 23.2 Å². The fourth-order valence-electron chi connectivity index (χ4n) is 3.56. The lowest BCUT2D eigenvalue weighted by Crippen LogP contribution is -2.35. The van der Waals surface area contributed by atoms with Gasteiger partial charge in [-0.3, -0.25) is 19.1 Å². The Bertz CT molecular complexity index is 1380. The lowest BCUT2D eigenvalue weighted by Gasteiger charge is -2.19. The number of aromatic amines is 1. The molecule has 0 fully saturated rings. The molecule has 0 unspecified atom stereocenters. The van der Waals surface area contributed by atoms with E-state index in [0.717, 1.165) is 6.26 Å². The van der Waals surface area contributed by atoms with Crippen molar-refractivity contribution in [2.45, 2.75) is 23.1 Å². The number of hydrogen-bond donors (Lipinski definition) is 1. The minimum absolute atomic E-state index is 0.00623. The third-order valence-electron chi connectivity index (χ3n) is 5.34. The number of aryl methyl sites for hydroxylation is 1. The number of alkyl halides is 2. The number of oxime groups is 1. The molecule has 1 amide bonds. The molecule has 1 aliphatic rings. The van der Waals surface area contributed by atoms with Crippen LogP contribution in [-0.2, 0) is 26.5 Å². The molecule has 0 spiro atoms. The van der Waals surface area contributed by atoms with Gasteiger partial charge in [-0.2, -0.15) is 0 Å². The van der Waals surface area contributed by atoms with E-state index in [2.05, 4.69) is 23.4 Å². The van der Waals surface area contributed by atoms with E-state index in [1.54, 1.807) is 19.1 Å². The number of carbonyl (C=O) groups excluding carboxylic acids is 2. The zero-order valence-corrected chi connectivity index (χ0v) is 23.0. The summed E-state index contributed by atoms with van der Waals surface area (Å²) in [5.41, 5.74) is 1.12. The van der Waals surface area contributed by atoms with Gasteiger partial charge >= 0.3 is 0 Å². The maximum Gasteiger partial charge on any atom is 0.277 e. The molecular formula is C24H28Cl2N4O6S. The minimum atomic E-state index is -3.52. The van der Waals surface area contributed by atoms with Crippen molar-refractivity contribution in [1.29, 1.82) is 0 Å². The Morgan fingerprint density at radius 1 is 1.24 bits per heavy atom. The summed E-state index contributed by atoms with van der Waals surface area (Å²) in [4.78, 5) is 41.5. The summed E-state index contributed by atoms with van der Waals surface area (Å²) in [6, 6.07) is 2.81. The van der Waals surface area contributed by atoms with Crippen LogP contribution in [0.1, 0.15) is 33.5 Å².